The Hall–Kier alpha value is -3.05. The molecular formula is C25H30N2O3. The fourth-order valence-electron chi connectivity index (χ4n) is 3.85. The smallest absolute Gasteiger partial charge is 0.337 e. The summed E-state index contributed by atoms with van der Waals surface area (Å²) in [5.41, 5.74) is 6.57. The summed E-state index contributed by atoms with van der Waals surface area (Å²) in [6, 6.07) is 16.2. The van der Waals surface area contributed by atoms with Crippen molar-refractivity contribution in [1.82, 2.24) is 9.88 Å². The van der Waals surface area contributed by atoms with Gasteiger partial charge in [0.2, 0.25) is 0 Å². The number of carbonyl (C=O) groups is 1. The number of rotatable bonds is 9. The quantitative estimate of drug-likeness (QED) is 0.533. The van der Waals surface area contributed by atoms with Crippen molar-refractivity contribution >= 4 is 5.97 Å². The Labute approximate surface area is 178 Å². The molecule has 3 rings (SSSR count). The van der Waals surface area contributed by atoms with Crippen molar-refractivity contribution in [3.8, 4) is 5.75 Å². The van der Waals surface area contributed by atoms with Crippen molar-refractivity contribution in [2.75, 3.05) is 6.61 Å². The first kappa shape index (κ1) is 21.7. The molecule has 0 aliphatic rings. The van der Waals surface area contributed by atoms with Gasteiger partial charge in [-0.25, -0.2) is 4.79 Å². The lowest BCUT2D eigenvalue weighted by atomic mass is 10.1. The number of aromatic carboxylic acids is 1. The highest BCUT2D eigenvalue weighted by Gasteiger charge is 2.22. The second-order valence-corrected chi connectivity index (χ2v) is 7.52. The molecule has 5 heteroatoms. The van der Waals surface area contributed by atoms with Crippen LogP contribution in [-0.2, 0) is 19.6 Å². The van der Waals surface area contributed by atoms with Gasteiger partial charge in [0.1, 0.15) is 5.75 Å². The van der Waals surface area contributed by atoms with E-state index in [1.54, 1.807) is 0 Å². The topological polar surface area (TPSA) is 63.5 Å². The molecule has 0 spiro atoms. The summed E-state index contributed by atoms with van der Waals surface area (Å²) in [5, 5.41) is 13.3. The van der Waals surface area contributed by atoms with Gasteiger partial charge in [0.15, 0.2) is 0 Å². The number of benzene rings is 2. The SMILES string of the molecule is CCOc1ccc(CNCc2c(C(=O)O)c(C)n(Cc3ccccc3C)c2C)cc1. The zero-order chi connectivity index (χ0) is 21.7. The molecule has 0 saturated carbocycles. The minimum atomic E-state index is -0.878. The van der Waals surface area contributed by atoms with E-state index < -0.39 is 5.97 Å². The van der Waals surface area contributed by atoms with Crippen LogP contribution in [0.4, 0.5) is 0 Å². The average molecular weight is 407 g/mol. The van der Waals surface area contributed by atoms with E-state index in [9.17, 15) is 9.90 Å². The lowest BCUT2D eigenvalue weighted by molar-refractivity contribution is 0.0694. The number of hydrogen-bond acceptors (Lipinski definition) is 3. The standard InChI is InChI=1S/C25H30N2O3/c1-5-30-22-12-10-20(11-13-22)14-26-15-23-18(3)27(19(4)24(23)25(28)29)16-21-9-7-6-8-17(21)2/h6-13,26H,5,14-16H2,1-4H3,(H,28,29). The minimum absolute atomic E-state index is 0.403. The van der Waals surface area contributed by atoms with E-state index in [0.29, 0.717) is 31.8 Å². The third kappa shape index (κ3) is 4.74. The molecule has 5 nitrogen and oxygen atoms in total. The molecule has 0 unspecified atom stereocenters. The van der Waals surface area contributed by atoms with Gasteiger partial charge in [-0.1, -0.05) is 36.4 Å². The Morgan fingerprint density at radius 3 is 2.33 bits per heavy atom. The van der Waals surface area contributed by atoms with Gasteiger partial charge in [0.05, 0.1) is 12.2 Å². The van der Waals surface area contributed by atoms with E-state index in [2.05, 4.69) is 28.9 Å². The number of aromatic nitrogens is 1. The molecule has 2 N–H and O–H groups in total. The lowest BCUT2D eigenvalue weighted by Crippen LogP contribution is -2.15. The number of carboxylic acid groups (broad SMARTS) is 1. The van der Waals surface area contributed by atoms with E-state index >= 15 is 0 Å². The van der Waals surface area contributed by atoms with E-state index in [1.165, 1.54) is 11.1 Å². The van der Waals surface area contributed by atoms with Gasteiger partial charge in [0, 0.05) is 36.6 Å². The van der Waals surface area contributed by atoms with Crippen molar-refractivity contribution in [2.24, 2.45) is 0 Å². The highest BCUT2D eigenvalue weighted by molar-refractivity contribution is 5.91. The van der Waals surface area contributed by atoms with Gasteiger partial charge in [-0.05, 0) is 56.5 Å². The largest absolute Gasteiger partial charge is 0.494 e. The van der Waals surface area contributed by atoms with Crippen molar-refractivity contribution < 1.29 is 14.6 Å². The molecule has 0 saturated heterocycles. The molecule has 30 heavy (non-hydrogen) atoms. The summed E-state index contributed by atoms with van der Waals surface area (Å²) in [6.45, 7) is 10.4. The van der Waals surface area contributed by atoms with Crippen molar-refractivity contribution in [3.05, 3.63) is 87.7 Å². The summed E-state index contributed by atoms with van der Waals surface area (Å²) in [4.78, 5) is 12.0. The maximum Gasteiger partial charge on any atom is 0.337 e. The number of aryl methyl sites for hydroxylation is 1. The number of hydrogen-bond donors (Lipinski definition) is 2. The monoisotopic (exact) mass is 406 g/mol. The normalized spacial score (nSPS) is 10.9. The van der Waals surface area contributed by atoms with Crippen LogP contribution in [0.3, 0.4) is 0 Å². The highest BCUT2D eigenvalue weighted by Crippen LogP contribution is 2.25. The summed E-state index contributed by atoms with van der Waals surface area (Å²) in [5.74, 6) is -0.0221. The fraction of sp³-hybridized carbons (Fsp3) is 0.320. The maximum absolute atomic E-state index is 12.0. The highest BCUT2D eigenvalue weighted by atomic mass is 16.5. The van der Waals surface area contributed by atoms with Gasteiger partial charge in [-0.3, -0.25) is 0 Å². The molecule has 1 aromatic heterocycles. The molecule has 0 aliphatic carbocycles. The van der Waals surface area contributed by atoms with Gasteiger partial charge in [0.25, 0.3) is 0 Å². The minimum Gasteiger partial charge on any atom is -0.494 e. The van der Waals surface area contributed by atoms with E-state index in [-0.39, 0.29) is 0 Å². The molecule has 158 valence electrons. The summed E-state index contributed by atoms with van der Waals surface area (Å²) in [6.07, 6.45) is 0. The Bertz CT molecular complexity index is 1020. The fourth-order valence-corrected chi connectivity index (χ4v) is 3.85. The van der Waals surface area contributed by atoms with Crippen LogP contribution in [0.5, 0.6) is 5.75 Å². The molecule has 2 aromatic carbocycles. The number of nitrogens with one attached hydrogen (secondary N) is 1. The Balaban J connectivity index is 1.78. The van der Waals surface area contributed by atoms with Crippen molar-refractivity contribution in [1.29, 1.82) is 0 Å². The zero-order valence-electron chi connectivity index (χ0n) is 18.2. The van der Waals surface area contributed by atoms with Crippen LogP contribution in [0.1, 0.15) is 50.9 Å². The van der Waals surface area contributed by atoms with E-state index in [4.69, 9.17) is 4.74 Å². The van der Waals surface area contributed by atoms with Crippen LogP contribution in [0.15, 0.2) is 48.5 Å². The maximum atomic E-state index is 12.0. The summed E-state index contributed by atoms with van der Waals surface area (Å²) >= 11 is 0. The summed E-state index contributed by atoms with van der Waals surface area (Å²) < 4.78 is 7.59. The van der Waals surface area contributed by atoms with Gasteiger partial charge < -0.3 is 19.7 Å². The second-order valence-electron chi connectivity index (χ2n) is 7.52. The van der Waals surface area contributed by atoms with Crippen LogP contribution >= 0.6 is 0 Å². The van der Waals surface area contributed by atoms with Crippen molar-refractivity contribution in [3.63, 3.8) is 0 Å². The van der Waals surface area contributed by atoms with Crippen LogP contribution in [-0.4, -0.2) is 22.2 Å². The number of carboxylic acids is 1. The Morgan fingerprint density at radius 1 is 1.00 bits per heavy atom. The van der Waals surface area contributed by atoms with E-state index in [1.807, 2.05) is 57.2 Å². The molecule has 1 heterocycles. The van der Waals surface area contributed by atoms with Crippen LogP contribution in [0, 0.1) is 20.8 Å². The molecule has 0 bridgehead atoms. The molecule has 0 atom stereocenters. The Morgan fingerprint density at radius 2 is 1.70 bits per heavy atom. The zero-order valence-corrected chi connectivity index (χ0v) is 18.2. The van der Waals surface area contributed by atoms with Crippen molar-refractivity contribution in [2.45, 2.75) is 47.3 Å². The van der Waals surface area contributed by atoms with Gasteiger partial charge in [-0.2, -0.15) is 0 Å². The first-order valence-electron chi connectivity index (χ1n) is 10.3. The third-order valence-corrected chi connectivity index (χ3v) is 5.58. The molecule has 3 aromatic rings. The Kier molecular flexibility index (Phi) is 6.95. The predicted molar refractivity (Wildman–Crippen MR) is 119 cm³/mol. The molecular weight excluding hydrogens is 376 g/mol. The molecule has 0 aliphatic heterocycles. The first-order chi connectivity index (χ1) is 14.4. The lowest BCUT2D eigenvalue weighted by Gasteiger charge is -2.12. The molecule has 0 amide bonds. The summed E-state index contributed by atoms with van der Waals surface area (Å²) in [7, 11) is 0. The molecule has 0 fully saturated rings. The van der Waals surface area contributed by atoms with Gasteiger partial charge in [-0.15, -0.1) is 0 Å². The first-order valence-corrected chi connectivity index (χ1v) is 10.3. The molecule has 0 radical (unpaired) electrons. The average Bonchev–Trinajstić information content (AvgIpc) is 2.95. The predicted octanol–water partition coefficient (Wildman–Crippen LogP) is 4.85. The van der Waals surface area contributed by atoms with Crippen LogP contribution < -0.4 is 10.1 Å². The third-order valence-electron chi connectivity index (χ3n) is 5.58. The number of ether oxygens (including phenoxy) is 1. The second kappa shape index (κ2) is 9.63. The van der Waals surface area contributed by atoms with Crippen LogP contribution in [0.25, 0.3) is 0 Å². The van der Waals surface area contributed by atoms with Crippen LogP contribution in [0.2, 0.25) is 0 Å². The number of nitrogens with zero attached hydrogens (tertiary/aromatic N) is 1. The van der Waals surface area contributed by atoms with E-state index in [0.717, 1.165) is 28.3 Å². The van der Waals surface area contributed by atoms with Gasteiger partial charge >= 0.3 is 5.97 Å².